The van der Waals surface area contributed by atoms with E-state index in [0.717, 1.165) is 12.5 Å². The summed E-state index contributed by atoms with van der Waals surface area (Å²) in [4.78, 5) is 2.66. The molecule has 1 aliphatic rings. The Balaban J connectivity index is 2.13. The largest absolute Gasteiger partial charge is 0.315 e. The van der Waals surface area contributed by atoms with E-state index < -0.39 is 0 Å². The summed E-state index contributed by atoms with van der Waals surface area (Å²) < 4.78 is 0. The third-order valence-electron chi connectivity index (χ3n) is 3.69. The highest BCUT2D eigenvalue weighted by atomic mass is 15.2. The van der Waals surface area contributed by atoms with Crippen molar-refractivity contribution in [1.82, 2.24) is 10.2 Å². The van der Waals surface area contributed by atoms with Gasteiger partial charge in [0.1, 0.15) is 0 Å². The molecule has 0 radical (unpaired) electrons. The van der Waals surface area contributed by atoms with Gasteiger partial charge in [-0.25, -0.2) is 0 Å². The van der Waals surface area contributed by atoms with Crippen molar-refractivity contribution in [1.29, 1.82) is 0 Å². The fraction of sp³-hybridized carbons (Fsp3) is 0.625. The van der Waals surface area contributed by atoms with Gasteiger partial charge < -0.3 is 5.32 Å². The summed E-state index contributed by atoms with van der Waals surface area (Å²) in [6.45, 7) is 9.34. The molecule has 100 valence electrons. The SMILES string of the molecule is CC(C)CC(c1ccccc1)N1CCCNCC1. The molecule has 1 aromatic carbocycles. The highest BCUT2D eigenvalue weighted by molar-refractivity contribution is 5.19. The maximum Gasteiger partial charge on any atom is 0.0351 e. The fourth-order valence-electron chi connectivity index (χ4n) is 2.80. The van der Waals surface area contributed by atoms with Crippen LogP contribution in [-0.4, -0.2) is 31.1 Å². The van der Waals surface area contributed by atoms with Crippen LogP contribution < -0.4 is 5.32 Å². The Morgan fingerprint density at radius 1 is 1.11 bits per heavy atom. The van der Waals surface area contributed by atoms with Gasteiger partial charge in [-0.15, -0.1) is 0 Å². The van der Waals surface area contributed by atoms with Gasteiger partial charge in [-0.05, 0) is 30.9 Å². The number of hydrogen-bond acceptors (Lipinski definition) is 2. The first-order valence-corrected chi connectivity index (χ1v) is 7.27. The first kappa shape index (κ1) is 13.6. The van der Waals surface area contributed by atoms with Gasteiger partial charge in [0, 0.05) is 25.7 Å². The van der Waals surface area contributed by atoms with Crippen molar-refractivity contribution >= 4 is 0 Å². The topological polar surface area (TPSA) is 15.3 Å². The van der Waals surface area contributed by atoms with E-state index in [1.54, 1.807) is 0 Å². The van der Waals surface area contributed by atoms with Crippen LogP contribution in [0.3, 0.4) is 0 Å². The molecule has 1 aliphatic heterocycles. The molecule has 2 nitrogen and oxygen atoms in total. The van der Waals surface area contributed by atoms with Crippen molar-refractivity contribution in [2.75, 3.05) is 26.2 Å². The quantitative estimate of drug-likeness (QED) is 0.878. The van der Waals surface area contributed by atoms with Crippen LogP contribution in [0.15, 0.2) is 30.3 Å². The summed E-state index contributed by atoms with van der Waals surface area (Å²) in [5.41, 5.74) is 1.48. The molecule has 0 spiro atoms. The zero-order valence-electron chi connectivity index (χ0n) is 11.7. The summed E-state index contributed by atoms with van der Waals surface area (Å²) >= 11 is 0. The molecule has 2 heteroatoms. The molecule has 2 rings (SSSR count). The summed E-state index contributed by atoms with van der Waals surface area (Å²) in [6.07, 6.45) is 2.52. The molecule has 1 heterocycles. The highest BCUT2D eigenvalue weighted by Gasteiger charge is 2.21. The first-order chi connectivity index (χ1) is 8.77. The van der Waals surface area contributed by atoms with Crippen molar-refractivity contribution in [3.05, 3.63) is 35.9 Å². The van der Waals surface area contributed by atoms with Crippen LogP contribution in [0.5, 0.6) is 0 Å². The van der Waals surface area contributed by atoms with Gasteiger partial charge in [-0.3, -0.25) is 4.90 Å². The van der Waals surface area contributed by atoms with Crippen LogP contribution in [0.2, 0.25) is 0 Å². The fourth-order valence-corrected chi connectivity index (χ4v) is 2.80. The van der Waals surface area contributed by atoms with Crippen LogP contribution in [-0.2, 0) is 0 Å². The lowest BCUT2D eigenvalue weighted by Gasteiger charge is -2.32. The van der Waals surface area contributed by atoms with Crippen LogP contribution in [0.1, 0.15) is 38.3 Å². The van der Waals surface area contributed by atoms with E-state index >= 15 is 0 Å². The second-order valence-corrected chi connectivity index (χ2v) is 5.70. The van der Waals surface area contributed by atoms with E-state index in [-0.39, 0.29) is 0 Å². The number of hydrogen-bond donors (Lipinski definition) is 1. The molecule has 1 N–H and O–H groups in total. The van der Waals surface area contributed by atoms with Crippen molar-refractivity contribution in [3.8, 4) is 0 Å². The zero-order valence-corrected chi connectivity index (χ0v) is 11.7. The Labute approximate surface area is 111 Å². The molecule has 1 fully saturated rings. The van der Waals surface area contributed by atoms with Crippen molar-refractivity contribution in [2.24, 2.45) is 5.92 Å². The maximum atomic E-state index is 3.50. The number of nitrogens with one attached hydrogen (secondary N) is 1. The Morgan fingerprint density at radius 3 is 2.61 bits per heavy atom. The van der Waals surface area contributed by atoms with E-state index in [1.807, 2.05) is 0 Å². The Kier molecular flexibility index (Phi) is 5.21. The Hall–Kier alpha value is -0.860. The lowest BCUT2D eigenvalue weighted by molar-refractivity contribution is 0.185. The molecule has 0 aliphatic carbocycles. The molecule has 1 saturated heterocycles. The van der Waals surface area contributed by atoms with Gasteiger partial charge in [0.05, 0.1) is 0 Å². The average molecular weight is 246 g/mol. The summed E-state index contributed by atoms with van der Waals surface area (Å²) in [7, 11) is 0. The predicted octanol–water partition coefficient (Wildman–Crippen LogP) is 3.07. The molecule has 0 bridgehead atoms. The number of rotatable bonds is 4. The van der Waals surface area contributed by atoms with E-state index in [0.29, 0.717) is 6.04 Å². The van der Waals surface area contributed by atoms with Gasteiger partial charge in [0.15, 0.2) is 0 Å². The van der Waals surface area contributed by atoms with Crippen molar-refractivity contribution in [2.45, 2.75) is 32.7 Å². The second kappa shape index (κ2) is 6.91. The highest BCUT2D eigenvalue weighted by Crippen LogP contribution is 2.28. The monoisotopic (exact) mass is 246 g/mol. The minimum atomic E-state index is 0.589. The van der Waals surface area contributed by atoms with Crippen LogP contribution in [0.25, 0.3) is 0 Å². The number of nitrogens with zero attached hydrogens (tertiary/aromatic N) is 1. The normalized spacial score (nSPS) is 19.7. The number of benzene rings is 1. The first-order valence-electron chi connectivity index (χ1n) is 7.27. The van der Waals surface area contributed by atoms with Gasteiger partial charge in [0.2, 0.25) is 0 Å². The average Bonchev–Trinajstić information content (AvgIpc) is 2.65. The lowest BCUT2D eigenvalue weighted by atomic mass is 9.95. The lowest BCUT2D eigenvalue weighted by Crippen LogP contribution is -2.33. The summed E-state index contributed by atoms with van der Waals surface area (Å²) in [6, 6.07) is 11.6. The van der Waals surface area contributed by atoms with E-state index in [9.17, 15) is 0 Å². The molecule has 1 atom stereocenters. The molecule has 18 heavy (non-hydrogen) atoms. The van der Waals surface area contributed by atoms with Crippen LogP contribution in [0, 0.1) is 5.92 Å². The molecule has 1 unspecified atom stereocenters. The smallest absolute Gasteiger partial charge is 0.0351 e. The Morgan fingerprint density at radius 2 is 1.89 bits per heavy atom. The standard InChI is InChI=1S/C16H26N2/c1-14(2)13-16(15-7-4-3-5-8-15)18-11-6-9-17-10-12-18/h3-5,7-8,14,16-17H,6,9-13H2,1-2H3. The molecular formula is C16H26N2. The second-order valence-electron chi connectivity index (χ2n) is 5.70. The van der Waals surface area contributed by atoms with Crippen LogP contribution in [0.4, 0.5) is 0 Å². The van der Waals surface area contributed by atoms with Crippen LogP contribution >= 0.6 is 0 Å². The summed E-state index contributed by atoms with van der Waals surface area (Å²) in [5, 5.41) is 3.50. The van der Waals surface area contributed by atoms with Gasteiger partial charge in [-0.1, -0.05) is 44.2 Å². The minimum Gasteiger partial charge on any atom is -0.315 e. The van der Waals surface area contributed by atoms with E-state index in [4.69, 9.17) is 0 Å². The molecule has 0 saturated carbocycles. The van der Waals surface area contributed by atoms with Gasteiger partial charge >= 0.3 is 0 Å². The summed E-state index contributed by atoms with van der Waals surface area (Å²) in [5.74, 6) is 0.742. The maximum absolute atomic E-state index is 3.50. The van der Waals surface area contributed by atoms with Gasteiger partial charge in [-0.2, -0.15) is 0 Å². The van der Waals surface area contributed by atoms with E-state index in [1.165, 1.54) is 38.0 Å². The molecule has 1 aromatic rings. The Bertz CT molecular complexity index is 326. The van der Waals surface area contributed by atoms with Crippen molar-refractivity contribution < 1.29 is 0 Å². The molecular weight excluding hydrogens is 220 g/mol. The van der Waals surface area contributed by atoms with E-state index in [2.05, 4.69) is 54.4 Å². The predicted molar refractivity (Wildman–Crippen MR) is 77.7 cm³/mol. The third-order valence-corrected chi connectivity index (χ3v) is 3.69. The third kappa shape index (κ3) is 3.82. The molecule has 0 aromatic heterocycles. The zero-order chi connectivity index (χ0) is 12.8. The van der Waals surface area contributed by atoms with Crippen molar-refractivity contribution in [3.63, 3.8) is 0 Å². The minimum absolute atomic E-state index is 0.589. The van der Waals surface area contributed by atoms with Gasteiger partial charge in [0.25, 0.3) is 0 Å². The molecule has 0 amide bonds.